The third-order valence-electron chi connectivity index (χ3n) is 4.52. The number of phenols is 1. The molecule has 2 N–H and O–H groups in total. The van der Waals surface area contributed by atoms with E-state index >= 15 is 0 Å². The summed E-state index contributed by atoms with van der Waals surface area (Å²) in [6.45, 7) is 2.28. The maximum absolute atomic E-state index is 12.5. The van der Waals surface area contributed by atoms with Gasteiger partial charge in [-0.2, -0.15) is 5.26 Å². The monoisotopic (exact) mass is 516 g/mol. The Balaban J connectivity index is 1.85. The van der Waals surface area contributed by atoms with Gasteiger partial charge in [-0.1, -0.05) is 40.9 Å². The number of rotatable bonds is 8. The lowest BCUT2D eigenvalue weighted by atomic mass is 10.1. The quantitative estimate of drug-likeness (QED) is 0.193. The van der Waals surface area contributed by atoms with Gasteiger partial charge in [-0.25, -0.2) is 0 Å². The topological polar surface area (TPSA) is 91.6 Å². The highest BCUT2D eigenvalue weighted by Crippen LogP contribution is 2.38. The first-order chi connectivity index (χ1) is 16.3. The number of aromatic hydroxyl groups is 1. The van der Waals surface area contributed by atoms with Gasteiger partial charge in [-0.15, -0.1) is 0 Å². The number of nitriles is 1. The van der Waals surface area contributed by atoms with E-state index in [-0.39, 0.29) is 23.0 Å². The van der Waals surface area contributed by atoms with E-state index in [9.17, 15) is 15.2 Å². The molecule has 0 heterocycles. The summed E-state index contributed by atoms with van der Waals surface area (Å²) in [4.78, 5) is 12.5. The van der Waals surface area contributed by atoms with Crippen LogP contribution in [0.1, 0.15) is 18.1 Å². The maximum Gasteiger partial charge on any atom is 0.266 e. The molecule has 0 aliphatic carbocycles. The summed E-state index contributed by atoms with van der Waals surface area (Å²) < 4.78 is 11.6. The minimum atomic E-state index is -0.611. The Morgan fingerprint density at radius 2 is 1.79 bits per heavy atom. The van der Waals surface area contributed by atoms with E-state index in [1.165, 1.54) is 30.3 Å². The minimum Gasteiger partial charge on any atom is -0.508 e. The second-order valence-electron chi connectivity index (χ2n) is 6.96. The van der Waals surface area contributed by atoms with Crippen LogP contribution in [0.5, 0.6) is 17.2 Å². The van der Waals surface area contributed by atoms with E-state index in [4.69, 9.17) is 44.3 Å². The third-order valence-corrected chi connectivity index (χ3v) is 5.39. The van der Waals surface area contributed by atoms with Gasteiger partial charge < -0.3 is 19.9 Å². The van der Waals surface area contributed by atoms with Crippen LogP contribution in [-0.2, 0) is 11.4 Å². The summed E-state index contributed by atoms with van der Waals surface area (Å²) in [5, 5.41) is 22.7. The first kappa shape index (κ1) is 25.3. The van der Waals surface area contributed by atoms with Crippen LogP contribution in [0.2, 0.25) is 15.1 Å². The molecule has 0 saturated carbocycles. The third kappa shape index (κ3) is 6.58. The van der Waals surface area contributed by atoms with E-state index in [0.717, 1.165) is 0 Å². The van der Waals surface area contributed by atoms with Crippen LogP contribution < -0.4 is 14.8 Å². The van der Waals surface area contributed by atoms with Crippen molar-refractivity contribution in [2.45, 2.75) is 13.5 Å². The number of nitrogens with zero attached hydrogens (tertiary/aromatic N) is 1. The molecule has 0 atom stereocenters. The van der Waals surface area contributed by atoms with E-state index < -0.39 is 5.91 Å². The first-order valence-electron chi connectivity index (χ1n) is 10.1. The van der Waals surface area contributed by atoms with E-state index in [1.807, 2.05) is 13.0 Å². The molecule has 0 spiro atoms. The molecular weight excluding hydrogens is 499 g/mol. The molecule has 0 aliphatic rings. The van der Waals surface area contributed by atoms with Crippen LogP contribution >= 0.6 is 34.8 Å². The van der Waals surface area contributed by atoms with Crippen molar-refractivity contribution in [3.63, 3.8) is 0 Å². The lowest BCUT2D eigenvalue weighted by molar-refractivity contribution is -0.112. The van der Waals surface area contributed by atoms with Crippen molar-refractivity contribution in [2.75, 3.05) is 11.9 Å². The maximum atomic E-state index is 12.5. The zero-order chi connectivity index (χ0) is 24.7. The Labute approximate surface area is 211 Å². The highest BCUT2D eigenvalue weighted by atomic mass is 35.5. The van der Waals surface area contributed by atoms with Crippen molar-refractivity contribution in [2.24, 2.45) is 0 Å². The van der Waals surface area contributed by atoms with E-state index in [1.54, 1.807) is 30.3 Å². The number of amides is 1. The molecule has 6 nitrogen and oxygen atoms in total. The number of carbonyl (C=O) groups is 1. The molecule has 34 heavy (non-hydrogen) atoms. The molecule has 3 aromatic rings. The van der Waals surface area contributed by atoms with Gasteiger partial charge in [0, 0.05) is 21.3 Å². The average molecular weight is 518 g/mol. The van der Waals surface area contributed by atoms with Crippen molar-refractivity contribution >= 4 is 52.5 Å². The lowest BCUT2D eigenvalue weighted by Gasteiger charge is -2.15. The number of hydrogen-bond donors (Lipinski definition) is 2. The van der Waals surface area contributed by atoms with E-state index in [0.29, 0.717) is 45.0 Å². The van der Waals surface area contributed by atoms with Gasteiger partial charge in [0.15, 0.2) is 11.5 Å². The number of phenolic OH excluding ortho intramolecular Hbond substituents is 1. The SMILES string of the molecule is CCOc1cc(/C=C(\C#N)C(=O)Nc2ccc(O)cc2)cc(Cl)c1OCc1ccc(Cl)cc1Cl. The Kier molecular flexibility index (Phi) is 8.67. The molecule has 9 heteroatoms. The summed E-state index contributed by atoms with van der Waals surface area (Å²) in [5.41, 5.74) is 1.48. The molecule has 0 radical (unpaired) electrons. The fraction of sp³-hybridized carbons (Fsp3) is 0.120. The van der Waals surface area contributed by atoms with Gasteiger partial charge >= 0.3 is 0 Å². The minimum absolute atomic E-state index is 0.0628. The Morgan fingerprint density at radius 3 is 2.44 bits per heavy atom. The second-order valence-corrected chi connectivity index (χ2v) is 8.21. The van der Waals surface area contributed by atoms with Crippen LogP contribution in [-0.4, -0.2) is 17.6 Å². The number of benzene rings is 3. The van der Waals surface area contributed by atoms with Gasteiger partial charge in [0.1, 0.15) is 24.0 Å². The first-order valence-corrected chi connectivity index (χ1v) is 11.2. The standard InChI is InChI=1S/C25H19Cl3N2O4/c1-2-33-23-11-15(9-17(13-29)25(32)30-19-5-7-20(31)8-6-19)10-22(28)24(23)34-14-16-3-4-18(26)12-21(16)27/h3-12,31H,2,14H2,1H3,(H,30,32)/b17-9+. The fourth-order valence-corrected chi connectivity index (χ4v) is 3.66. The van der Waals surface area contributed by atoms with Crippen molar-refractivity contribution in [1.29, 1.82) is 5.26 Å². The van der Waals surface area contributed by atoms with E-state index in [2.05, 4.69) is 5.32 Å². The second kappa shape index (κ2) is 11.7. The van der Waals surface area contributed by atoms with Crippen LogP contribution in [0.25, 0.3) is 6.08 Å². The van der Waals surface area contributed by atoms with Gasteiger partial charge in [0.2, 0.25) is 0 Å². The number of anilines is 1. The molecule has 3 aromatic carbocycles. The highest BCUT2D eigenvalue weighted by molar-refractivity contribution is 6.35. The molecule has 0 aliphatic heterocycles. The molecule has 0 bridgehead atoms. The van der Waals surface area contributed by atoms with Crippen LogP contribution in [0.15, 0.2) is 60.2 Å². The molecule has 174 valence electrons. The molecule has 3 rings (SSSR count). The fourth-order valence-electron chi connectivity index (χ4n) is 2.92. The van der Waals surface area contributed by atoms with Gasteiger partial charge in [-0.05, 0) is 67.1 Å². The molecule has 0 fully saturated rings. The molecule has 0 aromatic heterocycles. The highest BCUT2D eigenvalue weighted by Gasteiger charge is 2.15. The Bertz CT molecular complexity index is 1270. The molecule has 1 amide bonds. The zero-order valence-corrected chi connectivity index (χ0v) is 20.2. The predicted molar refractivity (Wildman–Crippen MR) is 134 cm³/mol. The van der Waals surface area contributed by atoms with Crippen molar-refractivity contribution in [3.8, 4) is 23.3 Å². The number of halogens is 3. The predicted octanol–water partition coefficient (Wildman–Crippen LogP) is 6.88. The van der Waals surface area contributed by atoms with Crippen molar-refractivity contribution in [1.82, 2.24) is 0 Å². The van der Waals surface area contributed by atoms with Crippen LogP contribution in [0.4, 0.5) is 5.69 Å². The summed E-state index contributed by atoms with van der Waals surface area (Å²) >= 11 is 18.6. The summed E-state index contributed by atoms with van der Waals surface area (Å²) in [7, 11) is 0. The summed E-state index contributed by atoms with van der Waals surface area (Å²) in [6, 6.07) is 16.0. The number of hydrogen-bond acceptors (Lipinski definition) is 5. The van der Waals surface area contributed by atoms with Crippen LogP contribution in [0.3, 0.4) is 0 Å². The van der Waals surface area contributed by atoms with Gasteiger partial charge in [0.05, 0.1) is 11.6 Å². The lowest BCUT2D eigenvalue weighted by Crippen LogP contribution is -2.13. The Morgan fingerprint density at radius 1 is 1.06 bits per heavy atom. The van der Waals surface area contributed by atoms with Gasteiger partial charge in [-0.3, -0.25) is 4.79 Å². The zero-order valence-electron chi connectivity index (χ0n) is 17.9. The largest absolute Gasteiger partial charge is 0.508 e. The summed E-state index contributed by atoms with van der Waals surface area (Å²) in [6.07, 6.45) is 1.39. The average Bonchev–Trinajstić information content (AvgIpc) is 2.79. The van der Waals surface area contributed by atoms with Crippen LogP contribution in [0, 0.1) is 11.3 Å². The van der Waals surface area contributed by atoms with Gasteiger partial charge in [0.25, 0.3) is 5.91 Å². The number of carbonyl (C=O) groups excluding carboxylic acids is 1. The molecular formula is C25H19Cl3N2O4. The smallest absolute Gasteiger partial charge is 0.266 e. The molecule has 0 unspecified atom stereocenters. The number of nitrogens with one attached hydrogen (secondary N) is 1. The molecule has 0 saturated heterocycles. The van der Waals surface area contributed by atoms with Crippen molar-refractivity contribution < 1.29 is 19.4 Å². The normalized spacial score (nSPS) is 11.0. The number of ether oxygens (including phenoxy) is 2. The van der Waals surface area contributed by atoms with Crippen molar-refractivity contribution in [3.05, 3.63) is 86.4 Å². The Hall–Kier alpha value is -3.37. The summed E-state index contributed by atoms with van der Waals surface area (Å²) in [5.74, 6) is 0.106.